The molecule has 0 unspecified atom stereocenters. The lowest BCUT2D eigenvalue weighted by Gasteiger charge is -2.02. The number of carbonyl (C=O) groups excluding carboxylic acids is 1. The lowest BCUT2D eigenvalue weighted by molar-refractivity contribution is -0.385. The van der Waals surface area contributed by atoms with Gasteiger partial charge in [-0.1, -0.05) is 18.2 Å². The van der Waals surface area contributed by atoms with Crippen molar-refractivity contribution in [1.82, 2.24) is 5.43 Å². The van der Waals surface area contributed by atoms with Gasteiger partial charge in [0.15, 0.2) is 0 Å². The number of rotatable bonds is 4. The Hall–Kier alpha value is -3.42. The van der Waals surface area contributed by atoms with Crippen molar-refractivity contribution >= 4 is 17.8 Å². The number of phenols is 2. The molecule has 0 radical (unpaired) electrons. The fourth-order valence-electron chi connectivity index (χ4n) is 1.69. The van der Waals surface area contributed by atoms with Crippen LogP contribution in [-0.4, -0.2) is 27.3 Å². The molecule has 0 spiro atoms. The Morgan fingerprint density at radius 1 is 1.18 bits per heavy atom. The van der Waals surface area contributed by atoms with E-state index in [0.29, 0.717) is 0 Å². The number of nitro groups is 1. The summed E-state index contributed by atoms with van der Waals surface area (Å²) < 4.78 is 0. The van der Waals surface area contributed by atoms with E-state index < -0.39 is 22.3 Å². The summed E-state index contributed by atoms with van der Waals surface area (Å²) in [4.78, 5) is 21.7. The Kier molecular flexibility index (Phi) is 4.33. The first-order chi connectivity index (χ1) is 10.5. The highest BCUT2D eigenvalue weighted by Gasteiger charge is 2.15. The Balaban J connectivity index is 2.14. The van der Waals surface area contributed by atoms with Crippen LogP contribution in [0.5, 0.6) is 11.5 Å². The zero-order valence-electron chi connectivity index (χ0n) is 11.1. The van der Waals surface area contributed by atoms with Gasteiger partial charge in [-0.25, -0.2) is 5.43 Å². The molecule has 0 fully saturated rings. The van der Waals surface area contributed by atoms with Crippen molar-refractivity contribution in [1.29, 1.82) is 0 Å². The fraction of sp³-hybridized carbons (Fsp3) is 0. The number of para-hydroxylation sites is 2. The Labute approximate surface area is 124 Å². The molecular weight excluding hydrogens is 290 g/mol. The largest absolute Gasteiger partial charge is 0.507 e. The third-order valence-corrected chi connectivity index (χ3v) is 2.76. The lowest BCUT2D eigenvalue weighted by atomic mass is 10.2. The van der Waals surface area contributed by atoms with Gasteiger partial charge in [-0.05, 0) is 18.2 Å². The van der Waals surface area contributed by atoms with E-state index in [4.69, 9.17) is 0 Å². The fourth-order valence-corrected chi connectivity index (χ4v) is 1.69. The number of hydrazone groups is 1. The van der Waals surface area contributed by atoms with Crippen molar-refractivity contribution in [3.63, 3.8) is 0 Å². The van der Waals surface area contributed by atoms with Crippen molar-refractivity contribution < 1.29 is 19.9 Å². The molecule has 0 atom stereocenters. The predicted molar refractivity (Wildman–Crippen MR) is 77.9 cm³/mol. The lowest BCUT2D eigenvalue weighted by Crippen LogP contribution is -2.17. The van der Waals surface area contributed by atoms with Gasteiger partial charge in [0.1, 0.15) is 5.75 Å². The van der Waals surface area contributed by atoms with Gasteiger partial charge in [-0.3, -0.25) is 14.9 Å². The number of amides is 1. The van der Waals surface area contributed by atoms with Crippen LogP contribution >= 0.6 is 0 Å². The van der Waals surface area contributed by atoms with E-state index in [0.717, 1.165) is 12.3 Å². The van der Waals surface area contributed by atoms with Crippen LogP contribution in [0.3, 0.4) is 0 Å². The smallest absolute Gasteiger partial charge is 0.311 e. The number of hydrogen-bond donors (Lipinski definition) is 3. The third kappa shape index (κ3) is 3.18. The van der Waals surface area contributed by atoms with Crippen LogP contribution < -0.4 is 5.43 Å². The highest BCUT2D eigenvalue weighted by Crippen LogP contribution is 2.27. The molecule has 0 aliphatic rings. The number of carbonyl (C=O) groups is 1. The maximum absolute atomic E-state index is 11.8. The molecule has 0 heterocycles. The highest BCUT2D eigenvalue weighted by atomic mass is 16.6. The monoisotopic (exact) mass is 301 g/mol. The quantitative estimate of drug-likeness (QED) is 0.451. The minimum atomic E-state index is -0.729. The van der Waals surface area contributed by atoms with Gasteiger partial charge in [-0.2, -0.15) is 5.10 Å². The third-order valence-electron chi connectivity index (χ3n) is 2.76. The summed E-state index contributed by atoms with van der Waals surface area (Å²) in [5.41, 5.74) is 1.80. The molecule has 0 aromatic heterocycles. The standard InChI is InChI=1S/C14H11N3O5/c18-12-7-2-1-5-10(12)14(20)16-15-8-9-4-3-6-11(13(9)19)17(21)22/h1-8,18-19H,(H,16,20)/b15-8-. The van der Waals surface area contributed by atoms with Gasteiger partial charge >= 0.3 is 5.69 Å². The predicted octanol–water partition coefficient (Wildman–Crippen LogP) is 1.77. The molecule has 3 N–H and O–H groups in total. The maximum atomic E-state index is 11.8. The summed E-state index contributed by atoms with van der Waals surface area (Å²) in [6.07, 6.45) is 1.07. The molecule has 8 nitrogen and oxygen atoms in total. The molecule has 2 aromatic rings. The zero-order chi connectivity index (χ0) is 16.1. The van der Waals surface area contributed by atoms with Crippen molar-refractivity contribution in [2.24, 2.45) is 5.10 Å². The Bertz CT molecular complexity index is 758. The van der Waals surface area contributed by atoms with Gasteiger partial charge in [0.25, 0.3) is 5.91 Å². The first-order valence-corrected chi connectivity index (χ1v) is 6.08. The van der Waals surface area contributed by atoms with Crippen molar-refractivity contribution in [3.8, 4) is 11.5 Å². The topological polar surface area (TPSA) is 125 Å². The SMILES string of the molecule is O=C(N/N=C\c1cccc([N+](=O)[O-])c1O)c1ccccc1O. The number of hydrogen-bond acceptors (Lipinski definition) is 6. The second-order valence-electron chi connectivity index (χ2n) is 4.19. The molecule has 1 amide bonds. The maximum Gasteiger partial charge on any atom is 0.311 e. The number of aromatic hydroxyl groups is 2. The number of nitrogens with one attached hydrogen (secondary N) is 1. The average Bonchev–Trinajstić information content (AvgIpc) is 2.49. The van der Waals surface area contributed by atoms with Crippen molar-refractivity contribution in [2.75, 3.05) is 0 Å². The van der Waals surface area contributed by atoms with Gasteiger partial charge in [0, 0.05) is 11.6 Å². The van der Waals surface area contributed by atoms with E-state index in [9.17, 15) is 25.1 Å². The molecule has 22 heavy (non-hydrogen) atoms. The van der Waals surface area contributed by atoms with Crippen LogP contribution in [0.1, 0.15) is 15.9 Å². The van der Waals surface area contributed by atoms with Gasteiger partial charge in [-0.15, -0.1) is 0 Å². The molecule has 2 aromatic carbocycles. The molecule has 112 valence electrons. The number of benzene rings is 2. The summed E-state index contributed by atoms with van der Waals surface area (Å²) in [6, 6.07) is 9.83. The first kappa shape index (κ1) is 15.0. The molecule has 0 bridgehead atoms. The second-order valence-corrected chi connectivity index (χ2v) is 4.19. The van der Waals surface area contributed by atoms with E-state index in [1.165, 1.54) is 24.3 Å². The summed E-state index contributed by atoms with van der Waals surface area (Å²) >= 11 is 0. The van der Waals surface area contributed by atoms with E-state index in [1.807, 2.05) is 0 Å². The zero-order valence-corrected chi connectivity index (χ0v) is 11.1. The molecule has 0 aliphatic heterocycles. The van der Waals surface area contributed by atoms with E-state index >= 15 is 0 Å². The van der Waals surface area contributed by atoms with Crippen molar-refractivity contribution in [3.05, 3.63) is 63.7 Å². The summed E-state index contributed by atoms with van der Waals surface area (Å²) in [6.45, 7) is 0. The number of nitro benzene ring substituents is 1. The molecule has 2 rings (SSSR count). The normalized spacial score (nSPS) is 10.5. The summed E-state index contributed by atoms with van der Waals surface area (Å²) in [7, 11) is 0. The Morgan fingerprint density at radius 2 is 1.91 bits per heavy atom. The second kappa shape index (κ2) is 6.35. The summed E-state index contributed by atoms with van der Waals surface area (Å²) in [5, 5.41) is 33.5. The van der Waals surface area contributed by atoms with Crippen molar-refractivity contribution in [2.45, 2.75) is 0 Å². The molecule has 0 saturated carbocycles. The minimum Gasteiger partial charge on any atom is -0.507 e. The molecule has 0 aliphatic carbocycles. The molecule has 8 heteroatoms. The highest BCUT2D eigenvalue weighted by molar-refractivity contribution is 5.97. The molecule has 0 saturated heterocycles. The minimum absolute atomic E-state index is 0.0305. The van der Waals surface area contributed by atoms with Crippen LogP contribution in [0.4, 0.5) is 5.69 Å². The summed E-state index contributed by atoms with van der Waals surface area (Å²) in [5.74, 6) is -1.40. The number of nitrogens with zero attached hydrogens (tertiary/aromatic N) is 2. The van der Waals surface area contributed by atoms with Crippen LogP contribution in [0.15, 0.2) is 47.6 Å². The molecular formula is C14H11N3O5. The van der Waals surface area contributed by atoms with Gasteiger partial charge in [0.2, 0.25) is 5.75 Å². The first-order valence-electron chi connectivity index (χ1n) is 6.08. The van der Waals surface area contributed by atoms with Gasteiger partial charge < -0.3 is 10.2 Å². The van der Waals surface area contributed by atoms with Crippen LogP contribution in [0, 0.1) is 10.1 Å². The van der Waals surface area contributed by atoms with E-state index in [-0.39, 0.29) is 16.9 Å². The van der Waals surface area contributed by atoms with Crippen LogP contribution in [0.25, 0.3) is 0 Å². The van der Waals surface area contributed by atoms with E-state index in [1.54, 1.807) is 12.1 Å². The number of phenolic OH excluding ortho intramolecular Hbond substituents is 2. The van der Waals surface area contributed by atoms with E-state index in [2.05, 4.69) is 10.5 Å². The Morgan fingerprint density at radius 3 is 2.59 bits per heavy atom. The van der Waals surface area contributed by atoms with Crippen LogP contribution in [0.2, 0.25) is 0 Å². The van der Waals surface area contributed by atoms with Gasteiger partial charge in [0.05, 0.1) is 16.7 Å². The average molecular weight is 301 g/mol. The van der Waals surface area contributed by atoms with Crippen LogP contribution in [-0.2, 0) is 0 Å².